The van der Waals surface area contributed by atoms with Crippen molar-refractivity contribution in [3.63, 3.8) is 0 Å². The largest absolute Gasteiger partial charge is 0.389 e. The van der Waals surface area contributed by atoms with Crippen LogP contribution in [0.1, 0.15) is 33.1 Å². The molecule has 84 valence electrons. The van der Waals surface area contributed by atoms with Gasteiger partial charge in [0.15, 0.2) is 0 Å². The molecule has 1 unspecified atom stereocenters. The molecule has 0 aromatic heterocycles. The highest BCUT2D eigenvalue weighted by Gasteiger charge is 2.42. The minimum atomic E-state index is -0.577. The van der Waals surface area contributed by atoms with Crippen molar-refractivity contribution in [1.29, 1.82) is 0 Å². The molecule has 14 heavy (non-hydrogen) atoms. The van der Waals surface area contributed by atoms with Crippen molar-refractivity contribution < 1.29 is 5.11 Å². The van der Waals surface area contributed by atoms with Gasteiger partial charge in [-0.25, -0.2) is 0 Å². The first-order chi connectivity index (χ1) is 6.41. The summed E-state index contributed by atoms with van der Waals surface area (Å²) in [6.45, 7) is 6.74. The maximum absolute atomic E-state index is 10.6. The Morgan fingerprint density at radius 2 is 2.00 bits per heavy atom. The van der Waals surface area contributed by atoms with Crippen molar-refractivity contribution in [3.8, 4) is 0 Å². The number of nitrogens with two attached hydrogens (primary N) is 1. The maximum atomic E-state index is 10.6. The van der Waals surface area contributed by atoms with E-state index in [-0.39, 0.29) is 5.41 Å². The van der Waals surface area contributed by atoms with Crippen molar-refractivity contribution in [2.45, 2.75) is 38.7 Å². The van der Waals surface area contributed by atoms with Gasteiger partial charge in [-0.1, -0.05) is 13.8 Å². The van der Waals surface area contributed by atoms with Gasteiger partial charge in [-0.3, -0.25) is 0 Å². The van der Waals surface area contributed by atoms with Crippen LogP contribution in [0.3, 0.4) is 0 Å². The van der Waals surface area contributed by atoms with Crippen molar-refractivity contribution in [2.24, 2.45) is 11.1 Å². The average Bonchev–Trinajstić information content (AvgIpc) is 2.30. The third kappa shape index (κ3) is 2.27. The molecule has 1 aliphatic rings. The fourth-order valence-electron chi connectivity index (χ4n) is 2.12. The summed E-state index contributed by atoms with van der Waals surface area (Å²) in [5.41, 5.74) is 4.99. The second-order valence-corrected chi connectivity index (χ2v) is 5.28. The highest BCUT2D eigenvalue weighted by Crippen LogP contribution is 2.38. The zero-order chi connectivity index (χ0) is 10.8. The van der Waals surface area contributed by atoms with Gasteiger partial charge in [-0.15, -0.1) is 0 Å². The fraction of sp³-hybridized carbons (Fsp3) is 1.00. The van der Waals surface area contributed by atoms with Crippen LogP contribution in [-0.2, 0) is 0 Å². The van der Waals surface area contributed by atoms with Crippen LogP contribution in [0.15, 0.2) is 0 Å². The molecule has 0 aromatic rings. The van der Waals surface area contributed by atoms with Crippen molar-refractivity contribution >= 4 is 0 Å². The molecule has 1 fully saturated rings. The average molecular weight is 200 g/mol. The Labute approximate surface area is 87.3 Å². The van der Waals surface area contributed by atoms with Gasteiger partial charge < -0.3 is 15.7 Å². The predicted octanol–water partition coefficient (Wildman–Crippen LogP) is 0.818. The second kappa shape index (κ2) is 4.17. The smallest absolute Gasteiger partial charge is 0.0723 e. The molecular weight excluding hydrogens is 176 g/mol. The Hall–Kier alpha value is -0.120. The van der Waals surface area contributed by atoms with E-state index in [4.69, 9.17) is 5.73 Å². The van der Waals surface area contributed by atoms with E-state index in [2.05, 4.69) is 25.8 Å². The van der Waals surface area contributed by atoms with Crippen LogP contribution in [0.5, 0.6) is 0 Å². The molecule has 0 amide bonds. The molecule has 0 bridgehead atoms. The topological polar surface area (TPSA) is 49.5 Å². The van der Waals surface area contributed by atoms with Crippen LogP contribution in [0.25, 0.3) is 0 Å². The van der Waals surface area contributed by atoms with Crippen molar-refractivity contribution in [3.05, 3.63) is 0 Å². The highest BCUT2D eigenvalue weighted by molar-refractivity contribution is 4.95. The van der Waals surface area contributed by atoms with Gasteiger partial charge in [0.2, 0.25) is 0 Å². The molecule has 0 aliphatic carbocycles. The van der Waals surface area contributed by atoms with E-state index in [1.54, 1.807) is 0 Å². The fourth-order valence-corrected chi connectivity index (χ4v) is 2.12. The predicted molar refractivity (Wildman–Crippen MR) is 59.1 cm³/mol. The molecule has 0 aromatic carbocycles. The van der Waals surface area contributed by atoms with E-state index in [9.17, 15) is 5.11 Å². The Kier molecular flexibility index (Phi) is 3.56. The zero-order valence-corrected chi connectivity index (χ0v) is 9.71. The second-order valence-electron chi connectivity index (χ2n) is 5.28. The van der Waals surface area contributed by atoms with Crippen LogP contribution in [0.4, 0.5) is 0 Å². The Balaban J connectivity index is 2.72. The molecule has 3 heteroatoms. The van der Waals surface area contributed by atoms with Crippen LogP contribution in [0, 0.1) is 5.41 Å². The van der Waals surface area contributed by atoms with E-state index in [0.29, 0.717) is 6.54 Å². The SMILES string of the molecule is CN1CCCC(O)(C(C)(C)CN)CC1. The van der Waals surface area contributed by atoms with Crippen LogP contribution < -0.4 is 5.73 Å². The standard InChI is InChI=1S/C11H24N2O/c1-10(2,9-12)11(14)5-4-7-13(3)8-6-11/h14H,4-9,12H2,1-3H3. The number of hydrogen-bond donors (Lipinski definition) is 2. The first-order valence-electron chi connectivity index (χ1n) is 5.52. The molecule has 1 heterocycles. The van der Waals surface area contributed by atoms with E-state index >= 15 is 0 Å². The zero-order valence-electron chi connectivity index (χ0n) is 9.71. The summed E-state index contributed by atoms with van der Waals surface area (Å²) in [5, 5.41) is 10.6. The lowest BCUT2D eigenvalue weighted by Gasteiger charge is -2.41. The number of hydrogen-bond acceptors (Lipinski definition) is 3. The third-order valence-corrected chi connectivity index (χ3v) is 3.81. The van der Waals surface area contributed by atoms with Gasteiger partial charge in [0.25, 0.3) is 0 Å². The molecule has 1 saturated heterocycles. The van der Waals surface area contributed by atoms with Crippen molar-refractivity contribution in [2.75, 3.05) is 26.7 Å². The van der Waals surface area contributed by atoms with Gasteiger partial charge in [0, 0.05) is 18.5 Å². The lowest BCUT2D eigenvalue weighted by atomic mass is 9.71. The molecule has 0 radical (unpaired) electrons. The molecule has 3 nitrogen and oxygen atoms in total. The summed E-state index contributed by atoms with van der Waals surface area (Å²) in [7, 11) is 2.11. The minimum absolute atomic E-state index is 0.168. The first kappa shape index (κ1) is 12.0. The molecule has 0 saturated carbocycles. The molecule has 1 aliphatic heterocycles. The van der Waals surface area contributed by atoms with Gasteiger partial charge >= 0.3 is 0 Å². The summed E-state index contributed by atoms with van der Waals surface area (Å²) in [5.74, 6) is 0. The minimum Gasteiger partial charge on any atom is -0.389 e. The molecule has 1 rings (SSSR count). The number of nitrogens with zero attached hydrogens (tertiary/aromatic N) is 1. The van der Waals surface area contributed by atoms with Crippen LogP contribution in [0.2, 0.25) is 0 Å². The van der Waals surface area contributed by atoms with Gasteiger partial charge in [-0.2, -0.15) is 0 Å². The van der Waals surface area contributed by atoms with Gasteiger partial charge in [-0.05, 0) is 32.9 Å². The third-order valence-electron chi connectivity index (χ3n) is 3.81. The number of likely N-dealkylation sites (tertiary alicyclic amines) is 1. The summed E-state index contributed by atoms with van der Waals surface area (Å²) in [6.07, 6.45) is 2.78. The molecule has 3 N–H and O–H groups in total. The van der Waals surface area contributed by atoms with Gasteiger partial charge in [0.05, 0.1) is 5.60 Å². The van der Waals surface area contributed by atoms with Gasteiger partial charge in [0.1, 0.15) is 0 Å². The lowest BCUT2D eigenvalue weighted by molar-refractivity contribution is -0.0727. The molecule has 1 atom stereocenters. The monoisotopic (exact) mass is 200 g/mol. The summed E-state index contributed by atoms with van der Waals surface area (Å²) in [6, 6.07) is 0. The van der Waals surface area contributed by atoms with E-state index < -0.39 is 5.60 Å². The number of rotatable bonds is 2. The Morgan fingerprint density at radius 3 is 2.57 bits per heavy atom. The van der Waals surface area contributed by atoms with Crippen LogP contribution >= 0.6 is 0 Å². The number of aliphatic hydroxyl groups is 1. The summed E-state index contributed by atoms with van der Waals surface area (Å²) >= 11 is 0. The van der Waals surface area contributed by atoms with E-state index in [1.165, 1.54) is 0 Å². The first-order valence-corrected chi connectivity index (χ1v) is 5.52. The maximum Gasteiger partial charge on any atom is 0.0723 e. The molecule has 0 spiro atoms. The van der Waals surface area contributed by atoms with E-state index in [1.807, 2.05) is 0 Å². The Morgan fingerprint density at radius 1 is 1.36 bits per heavy atom. The normalized spacial score (nSPS) is 31.5. The van der Waals surface area contributed by atoms with Crippen molar-refractivity contribution in [1.82, 2.24) is 4.90 Å². The molecular formula is C11H24N2O. The quantitative estimate of drug-likeness (QED) is 0.694. The lowest BCUT2D eigenvalue weighted by Crippen LogP contribution is -2.49. The summed E-state index contributed by atoms with van der Waals surface area (Å²) in [4.78, 5) is 2.28. The van der Waals surface area contributed by atoms with E-state index in [0.717, 1.165) is 32.4 Å². The highest BCUT2D eigenvalue weighted by atomic mass is 16.3. The van der Waals surface area contributed by atoms with Crippen LogP contribution in [-0.4, -0.2) is 42.3 Å². The Bertz CT molecular complexity index is 194. The summed E-state index contributed by atoms with van der Waals surface area (Å²) < 4.78 is 0.